The maximum absolute atomic E-state index is 11.5. The summed E-state index contributed by atoms with van der Waals surface area (Å²) >= 11 is 0. The van der Waals surface area contributed by atoms with Gasteiger partial charge in [0.05, 0.1) is 13.2 Å². The van der Waals surface area contributed by atoms with Crippen LogP contribution in [-0.4, -0.2) is 25.2 Å². The second-order valence-corrected chi connectivity index (χ2v) is 7.74. The van der Waals surface area contributed by atoms with Crippen molar-refractivity contribution >= 4 is 11.9 Å². The van der Waals surface area contributed by atoms with Crippen LogP contribution in [0.2, 0.25) is 0 Å². The van der Waals surface area contributed by atoms with E-state index in [0.717, 1.165) is 37.8 Å². The number of hydrogen-bond donors (Lipinski definition) is 0. The third kappa shape index (κ3) is 20.8. The van der Waals surface area contributed by atoms with Gasteiger partial charge in [0.2, 0.25) is 0 Å². The molecule has 0 N–H and O–H groups in total. The first-order valence-electron chi connectivity index (χ1n) is 11.1. The molecule has 0 fully saturated rings. The molecule has 0 aliphatic carbocycles. The smallest absolute Gasteiger partial charge is 0.331 e. The average Bonchev–Trinajstić information content (AvgIpc) is 2.64. The molecule has 0 aliphatic rings. The molecule has 0 saturated heterocycles. The van der Waals surface area contributed by atoms with Crippen LogP contribution in [0, 0.1) is 5.92 Å². The van der Waals surface area contributed by atoms with Crippen molar-refractivity contribution in [1.82, 2.24) is 0 Å². The minimum Gasteiger partial charge on any atom is -0.463 e. The van der Waals surface area contributed by atoms with E-state index in [9.17, 15) is 9.59 Å². The van der Waals surface area contributed by atoms with Crippen LogP contribution in [-0.2, 0) is 19.1 Å². The van der Waals surface area contributed by atoms with Gasteiger partial charge < -0.3 is 9.47 Å². The van der Waals surface area contributed by atoms with Crippen molar-refractivity contribution in [3.8, 4) is 0 Å². The summed E-state index contributed by atoms with van der Waals surface area (Å²) in [5, 5.41) is 0. The Morgan fingerprint density at radius 3 is 1.52 bits per heavy atom. The van der Waals surface area contributed by atoms with Crippen LogP contribution in [0.5, 0.6) is 0 Å². The largest absolute Gasteiger partial charge is 0.463 e. The molecular formula is C23H42O4. The van der Waals surface area contributed by atoms with Gasteiger partial charge in [0.25, 0.3) is 0 Å². The van der Waals surface area contributed by atoms with E-state index in [-0.39, 0.29) is 0 Å². The van der Waals surface area contributed by atoms with Crippen molar-refractivity contribution in [1.29, 1.82) is 0 Å². The third-order valence-electron chi connectivity index (χ3n) is 4.52. The zero-order valence-corrected chi connectivity index (χ0v) is 18.0. The van der Waals surface area contributed by atoms with Crippen LogP contribution in [0.4, 0.5) is 0 Å². The predicted molar refractivity (Wildman–Crippen MR) is 112 cm³/mol. The van der Waals surface area contributed by atoms with E-state index < -0.39 is 11.9 Å². The molecule has 0 amide bonds. The van der Waals surface area contributed by atoms with Crippen LogP contribution >= 0.6 is 0 Å². The molecule has 0 heterocycles. The lowest BCUT2D eigenvalue weighted by Crippen LogP contribution is -2.06. The molecule has 0 aromatic heterocycles. The van der Waals surface area contributed by atoms with Gasteiger partial charge in [-0.3, -0.25) is 0 Å². The zero-order valence-electron chi connectivity index (χ0n) is 18.0. The van der Waals surface area contributed by atoms with Gasteiger partial charge in [-0.1, -0.05) is 85.0 Å². The fourth-order valence-corrected chi connectivity index (χ4v) is 2.84. The molecule has 0 atom stereocenters. The summed E-state index contributed by atoms with van der Waals surface area (Å²) in [4.78, 5) is 23.0. The maximum Gasteiger partial charge on any atom is 0.331 e. The molecule has 0 saturated carbocycles. The molecular weight excluding hydrogens is 340 g/mol. The second kappa shape index (κ2) is 19.4. The molecule has 0 radical (unpaired) electrons. The number of esters is 2. The van der Waals surface area contributed by atoms with Gasteiger partial charge in [-0.05, 0) is 25.2 Å². The van der Waals surface area contributed by atoms with E-state index in [1.54, 1.807) is 0 Å². The molecule has 0 bridgehead atoms. The summed E-state index contributed by atoms with van der Waals surface area (Å²) in [5.74, 6) is -0.351. The fraction of sp³-hybridized carbons (Fsp3) is 0.826. The Balaban J connectivity index is 3.41. The maximum atomic E-state index is 11.5. The Morgan fingerprint density at radius 2 is 1.07 bits per heavy atom. The minimum absolute atomic E-state index is 0.398. The normalized spacial score (nSPS) is 11.3. The van der Waals surface area contributed by atoms with Crippen LogP contribution in [0.3, 0.4) is 0 Å². The van der Waals surface area contributed by atoms with Crippen molar-refractivity contribution in [2.24, 2.45) is 5.92 Å². The first-order valence-corrected chi connectivity index (χ1v) is 11.1. The van der Waals surface area contributed by atoms with Crippen molar-refractivity contribution in [3.05, 3.63) is 12.2 Å². The molecule has 0 aromatic carbocycles. The highest BCUT2D eigenvalue weighted by molar-refractivity contribution is 5.91. The van der Waals surface area contributed by atoms with Crippen molar-refractivity contribution in [3.63, 3.8) is 0 Å². The Labute approximate surface area is 167 Å². The van der Waals surface area contributed by atoms with Crippen LogP contribution in [0.15, 0.2) is 12.2 Å². The highest BCUT2D eigenvalue weighted by Gasteiger charge is 2.02. The second-order valence-electron chi connectivity index (χ2n) is 7.74. The monoisotopic (exact) mass is 382 g/mol. The highest BCUT2D eigenvalue weighted by Crippen LogP contribution is 2.11. The minimum atomic E-state index is -0.481. The number of hydrogen-bond acceptors (Lipinski definition) is 4. The van der Waals surface area contributed by atoms with Crippen LogP contribution < -0.4 is 0 Å². The lowest BCUT2D eigenvalue weighted by molar-refractivity contribution is -0.140. The third-order valence-corrected chi connectivity index (χ3v) is 4.52. The van der Waals surface area contributed by atoms with E-state index in [0.29, 0.717) is 19.1 Å². The van der Waals surface area contributed by atoms with Gasteiger partial charge in [0, 0.05) is 12.2 Å². The molecule has 0 aliphatic heterocycles. The number of carbonyl (C=O) groups excluding carboxylic acids is 2. The SMILES string of the molecule is CCCCCCCCCCCCCOC(=O)/C=C/C(=O)OCCCC(C)C. The van der Waals surface area contributed by atoms with Gasteiger partial charge >= 0.3 is 11.9 Å². The van der Waals surface area contributed by atoms with E-state index in [1.807, 2.05) is 0 Å². The molecule has 0 aromatic rings. The molecule has 4 heteroatoms. The lowest BCUT2D eigenvalue weighted by atomic mass is 10.1. The van der Waals surface area contributed by atoms with Gasteiger partial charge in [-0.2, -0.15) is 0 Å². The van der Waals surface area contributed by atoms with Crippen molar-refractivity contribution in [2.45, 2.75) is 104 Å². The van der Waals surface area contributed by atoms with Gasteiger partial charge in [-0.15, -0.1) is 0 Å². The molecule has 27 heavy (non-hydrogen) atoms. The lowest BCUT2D eigenvalue weighted by Gasteiger charge is -2.04. The Hall–Kier alpha value is -1.32. The molecule has 0 spiro atoms. The Kier molecular flexibility index (Phi) is 18.5. The zero-order chi connectivity index (χ0) is 20.2. The van der Waals surface area contributed by atoms with E-state index in [4.69, 9.17) is 9.47 Å². The molecule has 0 rings (SSSR count). The Bertz CT molecular complexity index is 388. The summed E-state index contributed by atoms with van der Waals surface area (Å²) in [6.45, 7) is 7.33. The standard InChI is InChI=1S/C23H42O4/c1-4-5-6-7-8-9-10-11-12-13-14-19-26-22(24)17-18-23(25)27-20-15-16-21(2)3/h17-18,21H,4-16,19-20H2,1-3H3/b18-17+. The fourth-order valence-electron chi connectivity index (χ4n) is 2.84. The summed E-state index contributed by atoms with van der Waals surface area (Å²) < 4.78 is 10.1. The number of ether oxygens (including phenoxy) is 2. The predicted octanol–water partition coefficient (Wildman–Crippen LogP) is 6.38. The average molecular weight is 383 g/mol. The van der Waals surface area contributed by atoms with Gasteiger partial charge in [0.15, 0.2) is 0 Å². The summed E-state index contributed by atoms with van der Waals surface area (Å²) in [6.07, 6.45) is 18.1. The van der Waals surface area contributed by atoms with E-state index >= 15 is 0 Å². The van der Waals surface area contributed by atoms with Crippen molar-refractivity contribution in [2.75, 3.05) is 13.2 Å². The van der Waals surface area contributed by atoms with Crippen LogP contribution in [0.1, 0.15) is 104 Å². The number of rotatable bonds is 18. The topological polar surface area (TPSA) is 52.6 Å². The number of carbonyl (C=O) groups is 2. The molecule has 4 nitrogen and oxygen atoms in total. The summed E-state index contributed by atoms with van der Waals surface area (Å²) in [5.41, 5.74) is 0. The quantitative estimate of drug-likeness (QED) is 0.157. The summed E-state index contributed by atoms with van der Waals surface area (Å²) in [6, 6.07) is 0. The van der Waals surface area contributed by atoms with E-state index in [2.05, 4.69) is 20.8 Å². The van der Waals surface area contributed by atoms with Crippen molar-refractivity contribution < 1.29 is 19.1 Å². The Morgan fingerprint density at radius 1 is 0.667 bits per heavy atom. The molecule has 0 unspecified atom stereocenters. The highest BCUT2D eigenvalue weighted by atomic mass is 16.5. The summed E-state index contributed by atoms with van der Waals surface area (Å²) in [7, 11) is 0. The van der Waals surface area contributed by atoms with Gasteiger partial charge in [-0.25, -0.2) is 9.59 Å². The van der Waals surface area contributed by atoms with Gasteiger partial charge in [0.1, 0.15) is 0 Å². The number of unbranched alkanes of at least 4 members (excludes halogenated alkanes) is 10. The van der Waals surface area contributed by atoms with Crippen LogP contribution in [0.25, 0.3) is 0 Å². The molecule has 158 valence electrons. The van der Waals surface area contributed by atoms with E-state index in [1.165, 1.54) is 57.8 Å². The first-order chi connectivity index (χ1) is 13.1. The first kappa shape index (κ1) is 25.7.